The van der Waals surface area contributed by atoms with Gasteiger partial charge in [0.05, 0.1) is 17.0 Å². The van der Waals surface area contributed by atoms with E-state index >= 15 is 0 Å². The predicted molar refractivity (Wildman–Crippen MR) is 207 cm³/mol. The van der Waals surface area contributed by atoms with Crippen molar-refractivity contribution in [3.8, 4) is 0 Å². The predicted octanol–water partition coefficient (Wildman–Crippen LogP) is 11.7. The normalized spacial score (nSPS) is 19.6. The molecule has 0 unspecified atom stereocenters. The van der Waals surface area contributed by atoms with E-state index < -0.39 is 13.5 Å². The molecule has 0 amide bonds. The molecule has 0 radical (unpaired) electrons. The van der Waals surface area contributed by atoms with Gasteiger partial charge in [-0.2, -0.15) is 6.67 Å². The average Bonchev–Trinajstić information content (AvgIpc) is 3.54. The van der Waals surface area contributed by atoms with Crippen LogP contribution in [0, 0.1) is 27.4 Å². The molecule has 3 nitrogen and oxygen atoms in total. The molecule has 0 spiro atoms. The molecule has 264 valence electrons. The number of benzene rings is 2. The molecule has 2 aromatic carbocycles. The Balaban J connectivity index is 0.000000168. The summed E-state index contributed by atoms with van der Waals surface area (Å²) >= 11 is -1.61. The molecule has 4 aliphatic rings. The first-order valence-corrected chi connectivity index (χ1v) is 25.6. The van der Waals surface area contributed by atoms with Crippen LogP contribution in [0.5, 0.6) is 0 Å². The van der Waals surface area contributed by atoms with Crippen LogP contribution in [0.3, 0.4) is 0 Å². The van der Waals surface area contributed by atoms with E-state index in [9.17, 15) is 0 Å². The van der Waals surface area contributed by atoms with Crippen molar-refractivity contribution in [2.75, 3.05) is 18.1 Å². The summed E-state index contributed by atoms with van der Waals surface area (Å²) in [6, 6.07) is 14.3. The maximum absolute atomic E-state index is 8.85. The SMILES string of the molecule is C1CCC([PH+](C2CCCCC2)C2CCCCC2)CC1.Cc1cc(C)c(N2C=CN(CCCO)[CH-]2)c(C)c1.[Cl][Ru]([Cl])=[CH]c1ccccc1. The fraction of sp³-hybridized carbons (Fsp3) is 0.600. The summed E-state index contributed by atoms with van der Waals surface area (Å²) in [7, 11) is 11.3. The number of hydrogen-bond donors (Lipinski definition) is 1. The first-order chi connectivity index (χ1) is 22.9. The van der Waals surface area contributed by atoms with Crippen LogP contribution < -0.4 is 4.90 Å². The molecule has 3 aliphatic carbocycles. The molecule has 1 N–H and O–H groups in total. The van der Waals surface area contributed by atoms with Crippen molar-refractivity contribution in [2.45, 2.75) is 140 Å². The summed E-state index contributed by atoms with van der Waals surface area (Å²) < 4.78 is 1.92. The van der Waals surface area contributed by atoms with Gasteiger partial charge in [0, 0.05) is 20.2 Å². The molecule has 1 aliphatic heterocycles. The molecule has 3 fully saturated rings. The maximum atomic E-state index is 8.85. The molecule has 7 heteroatoms. The monoisotopic (exact) mass is 788 g/mol. The van der Waals surface area contributed by atoms with Gasteiger partial charge in [0.25, 0.3) is 0 Å². The van der Waals surface area contributed by atoms with Crippen LogP contribution in [0.4, 0.5) is 5.69 Å². The van der Waals surface area contributed by atoms with Gasteiger partial charge in [-0.3, -0.25) is 0 Å². The van der Waals surface area contributed by atoms with Gasteiger partial charge in [-0.05, 0) is 134 Å². The molecule has 6 rings (SSSR count). The third-order valence-corrected chi connectivity index (χ3v) is 16.8. The fourth-order valence-electron chi connectivity index (χ4n) is 8.41. The Labute approximate surface area is 301 Å². The third kappa shape index (κ3) is 13.1. The Morgan fingerprint density at radius 3 is 1.70 bits per heavy atom. The van der Waals surface area contributed by atoms with Crippen LogP contribution >= 0.6 is 27.3 Å². The zero-order valence-electron chi connectivity index (χ0n) is 29.3. The van der Waals surface area contributed by atoms with E-state index in [4.69, 9.17) is 24.5 Å². The zero-order chi connectivity index (χ0) is 33.4. The van der Waals surface area contributed by atoms with Gasteiger partial charge < -0.3 is 14.9 Å². The van der Waals surface area contributed by atoms with E-state index in [1.54, 1.807) is 96.3 Å². The minimum absolute atomic E-state index is 0.0465. The fourth-order valence-corrected chi connectivity index (χ4v) is 15.5. The Morgan fingerprint density at radius 2 is 1.26 bits per heavy atom. The summed E-state index contributed by atoms with van der Waals surface area (Å²) in [5.41, 5.74) is 9.93. The molecule has 3 saturated carbocycles. The van der Waals surface area contributed by atoms with Crippen molar-refractivity contribution >= 4 is 37.6 Å². The third-order valence-electron chi connectivity index (χ3n) is 10.4. The number of aliphatic hydroxyl groups excluding tert-OH is 1. The van der Waals surface area contributed by atoms with Crippen molar-refractivity contribution in [3.05, 3.63) is 83.8 Å². The zero-order valence-corrected chi connectivity index (χ0v) is 33.5. The number of aryl methyl sites for hydroxylation is 3. The quantitative estimate of drug-likeness (QED) is 0.164. The number of anilines is 1. The summed E-state index contributed by atoms with van der Waals surface area (Å²) in [5, 5.41) is 8.85. The van der Waals surface area contributed by atoms with E-state index in [2.05, 4.69) is 55.6 Å². The van der Waals surface area contributed by atoms with Crippen molar-refractivity contribution < 1.29 is 18.6 Å². The molecule has 0 bridgehead atoms. The summed E-state index contributed by atoms with van der Waals surface area (Å²) in [5.74, 6) is 0. The number of nitrogens with zero attached hydrogens (tertiary/aromatic N) is 2. The number of hydrogen-bond acceptors (Lipinski definition) is 3. The first-order valence-electron chi connectivity index (χ1n) is 18.4. The number of halogens is 2. The van der Waals surface area contributed by atoms with E-state index in [1.807, 2.05) is 41.1 Å². The molecule has 0 saturated heterocycles. The second-order valence-electron chi connectivity index (χ2n) is 14.1. The Bertz CT molecular complexity index is 1170. The van der Waals surface area contributed by atoms with Crippen LogP contribution in [0.2, 0.25) is 0 Å². The van der Waals surface area contributed by atoms with Gasteiger partial charge in [-0.1, -0.05) is 37.0 Å². The van der Waals surface area contributed by atoms with E-state index in [1.165, 1.54) is 39.4 Å². The topological polar surface area (TPSA) is 26.7 Å². The van der Waals surface area contributed by atoms with Crippen LogP contribution in [-0.4, -0.2) is 44.7 Å². The standard InChI is InChI=1S/C18H33P.C15H21N2O.C7H6.2ClH.Ru/c1-4-10-16(11-5-1)19(17-12-6-2-7-13-17)18-14-8-3-9-15-18;1-12-9-13(2)15(14(3)10-12)17-7-6-16(11-17)5-4-8-18;1-7-5-3-2-4-6-7;;;/h16-18H,1-15H2;6-7,9-11,18H,4-5,8H2,1-3H3;1-6H;2*1H;/q;-1;;;;+2/p-1. The van der Waals surface area contributed by atoms with Crippen LogP contribution in [-0.2, 0) is 13.5 Å². The van der Waals surface area contributed by atoms with Crippen molar-refractivity contribution in [1.82, 2.24) is 4.90 Å². The number of rotatable bonds is 8. The van der Waals surface area contributed by atoms with E-state index in [0.717, 1.165) is 18.5 Å². The Hall–Kier alpha value is -0.757. The molecule has 2 aromatic rings. The minimum atomic E-state index is -1.61. The molecule has 47 heavy (non-hydrogen) atoms. The van der Waals surface area contributed by atoms with Gasteiger partial charge in [0.15, 0.2) is 0 Å². The summed E-state index contributed by atoms with van der Waals surface area (Å²) in [4.78, 5) is 4.26. The van der Waals surface area contributed by atoms with Crippen molar-refractivity contribution in [3.63, 3.8) is 0 Å². The first kappa shape index (κ1) is 39.0. The van der Waals surface area contributed by atoms with E-state index in [-0.39, 0.29) is 14.5 Å². The molecule has 0 aromatic heterocycles. The van der Waals surface area contributed by atoms with Crippen molar-refractivity contribution in [1.29, 1.82) is 0 Å². The van der Waals surface area contributed by atoms with Gasteiger partial charge >= 0.3 is 73.4 Å². The van der Waals surface area contributed by atoms with E-state index in [0.29, 0.717) is 0 Å². The summed E-state index contributed by atoms with van der Waals surface area (Å²) in [6.07, 6.45) is 28.7. The van der Waals surface area contributed by atoms with Crippen LogP contribution in [0.15, 0.2) is 54.9 Å². The molecule has 0 atom stereocenters. The van der Waals surface area contributed by atoms with Gasteiger partial charge in [-0.25, -0.2) is 0 Å². The second kappa shape index (κ2) is 21.5. The van der Waals surface area contributed by atoms with Crippen LogP contribution in [0.25, 0.3) is 0 Å². The Morgan fingerprint density at radius 1 is 0.766 bits per heavy atom. The van der Waals surface area contributed by atoms with Gasteiger partial charge in [-0.15, -0.1) is 0 Å². The Kier molecular flexibility index (Phi) is 17.8. The number of aliphatic hydroxyl groups is 1. The summed E-state index contributed by atoms with van der Waals surface area (Å²) in [6.45, 7) is 9.59. The van der Waals surface area contributed by atoms with Crippen LogP contribution in [0.1, 0.15) is 125 Å². The molecule has 1 heterocycles. The second-order valence-corrected chi connectivity index (χ2v) is 23.3. The average molecular weight is 789 g/mol. The van der Waals surface area contributed by atoms with Gasteiger partial charge in [0.2, 0.25) is 0 Å². The van der Waals surface area contributed by atoms with Crippen molar-refractivity contribution in [2.24, 2.45) is 0 Å². The van der Waals surface area contributed by atoms with Gasteiger partial charge in [0.1, 0.15) is 0 Å². The molecular formula is C40H61Cl2N2OPRu. The molecular weight excluding hydrogens is 727 g/mol.